The second kappa shape index (κ2) is 5.55. The zero-order valence-electron chi connectivity index (χ0n) is 9.04. The van der Waals surface area contributed by atoms with Crippen LogP contribution in [0.2, 0.25) is 0 Å². The lowest BCUT2D eigenvalue weighted by atomic mass is 10.3. The van der Waals surface area contributed by atoms with E-state index >= 15 is 0 Å². The number of hydrogen-bond donors (Lipinski definition) is 3. The summed E-state index contributed by atoms with van der Waals surface area (Å²) < 4.78 is 24.1. The van der Waals surface area contributed by atoms with E-state index in [1.54, 1.807) is 20.2 Å². The standard InChI is InChI=1S/C9H14F2N4O/c1-5-3-14-9(12-2)15-8(5)13-4-6(16)7(10)11/h3,6-7,16H,4H2,1-2H3,(H2,12,13,14,15). The summed E-state index contributed by atoms with van der Waals surface area (Å²) >= 11 is 0. The maximum Gasteiger partial charge on any atom is 0.265 e. The highest BCUT2D eigenvalue weighted by molar-refractivity contribution is 5.46. The second-order valence-corrected chi connectivity index (χ2v) is 3.26. The summed E-state index contributed by atoms with van der Waals surface area (Å²) in [7, 11) is 1.66. The van der Waals surface area contributed by atoms with Crippen LogP contribution >= 0.6 is 0 Å². The molecule has 0 aliphatic rings. The van der Waals surface area contributed by atoms with Gasteiger partial charge in [0.25, 0.3) is 6.43 Å². The molecule has 1 atom stereocenters. The fraction of sp³-hybridized carbons (Fsp3) is 0.556. The zero-order valence-corrected chi connectivity index (χ0v) is 9.04. The third-order valence-corrected chi connectivity index (χ3v) is 1.96. The van der Waals surface area contributed by atoms with Crippen molar-refractivity contribution in [3.05, 3.63) is 11.8 Å². The Bertz CT molecular complexity index is 348. The lowest BCUT2D eigenvalue weighted by Gasteiger charge is -2.13. The first-order valence-electron chi connectivity index (χ1n) is 4.76. The second-order valence-electron chi connectivity index (χ2n) is 3.26. The molecule has 0 bridgehead atoms. The number of aryl methyl sites for hydroxylation is 1. The Labute approximate surface area is 91.9 Å². The van der Waals surface area contributed by atoms with Crippen molar-refractivity contribution in [1.82, 2.24) is 9.97 Å². The molecule has 1 rings (SSSR count). The van der Waals surface area contributed by atoms with Crippen LogP contribution in [-0.2, 0) is 0 Å². The van der Waals surface area contributed by atoms with Gasteiger partial charge in [-0.2, -0.15) is 4.98 Å². The summed E-state index contributed by atoms with van der Waals surface area (Å²) in [6.45, 7) is 1.50. The van der Waals surface area contributed by atoms with Crippen LogP contribution in [0, 0.1) is 6.92 Å². The molecule has 90 valence electrons. The fourth-order valence-corrected chi connectivity index (χ4v) is 1.03. The molecule has 3 N–H and O–H groups in total. The van der Waals surface area contributed by atoms with Gasteiger partial charge in [0.2, 0.25) is 5.95 Å². The average molecular weight is 232 g/mol. The molecule has 1 heterocycles. The van der Waals surface area contributed by atoms with Gasteiger partial charge in [-0.3, -0.25) is 0 Å². The molecule has 0 saturated heterocycles. The van der Waals surface area contributed by atoms with Gasteiger partial charge in [0.15, 0.2) is 0 Å². The van der Waals surface area contributed by atoms with Crippen molar-refractivity contribution in [2.45, 2.75) is 19.5 Å². The van der Waals surface area contributed by atoms with E-state index in [1.807, 2.05) is 0 Å². The van der Waals surface area contributed by atoms with E-state index < -0.39 is 12.5 Å². The molecule has 0 radical (unpaired) electrons. The zero-order chi connectivity index (χ0) is 12.1. The van der Waals surface area contributed by atoms with E-state index in [2.05, 4.69) is 20.6 Å². The molecular weight excluding hydrogens is 218 g/mol. The number of aromatic nitrogens is 2. The average Bonchev–Trinajstić information content (AvgIpc) is 2.27. The highest BCUT2D eigenvalue weighted by Gasteiger charge is 2.16. The summed E-state index contributed by atoms with van der Waals surface area (Å²) in [5, 5.41) is 14.3. The predicted octanol–water partition coefficient (Wildman–Crippen LogP) is 0.865. The summed E-state index contributed by atoms with van der Waals surface area (Å²) in [6.07, 6.45) is -2.90. The van der Waals surface area contributed by atoms with Crippen molar-refractivity contribution in [2.24, 2.45) is 0 Å². The van der Waals surface area contributed by atoms with Crippen LogP contribution in [0.15, 0.2) is 6.20 Å². The van der Waals surface area contributed by atoms with Gasteiger partial charge in [-0.05, 0) is 6.92 Å². The smallest absolute Gasteiger partial charge is 0.265 e. The number of anilines is 2. The van der Waals surface area contributed by atoms with Gasteiger partial charge in [0.1, 0.15) is 11.9 Å². The van der Waals surface area contributed by atoms with Gasteiger partial charge in [-0.15, -0.1) is 0 Å². The van der Waals surface area contributed by atoms with Crippen molar-refractivity contribution in [3.63, 3.8) is 0 Å². The third-order valence-electron chi connectivity index (χ3n) is 1.96. The maximum atomic E-state index is 12.0. The number of hydrogen-bond acceptors (Lipinski definition) is 5. The first-order chi connectivity index (χ1) is 7.54. The monoisotopic (exact) mass is 232 g/mol. The van der Waals surface area contributed by atoms with E-state index in [0.29, 0.717) is 11.8 Å². The Hall–Kier alpha value is -1.50. The first kappa shape index (κ1) is 12.6. The van der Waals surface area contributed by atoms with Crippen LogP contribution in [0.25, 0.3) is 0 Å². The van der Waals surface area contributed by atoms with Gasteiger partial charge in [-0.25, -0.2) is 13.8 Å². The largest absolute Gasteiger partial charge is 0.385 e. The Morgan fingerprint density at radius 2 is 2.19 bits per heavy atom. The van der Waals surface area contributed by atoms with Crippen LogP contribution < -0.4 is 10.6 Å². The van der Waals surface area contributed by atoms with Crippen LogP contribution in [-0.4, -0.2) is 41.2 Å². The predicted molar refractivity (Wildman–Crippen MR) is 56.8 cm³/mol. The maximum absolute atomic E-state index is 12.0. The van der Waals surface area contributed by atoms with Gasteiger partial charge in [-0.1, -0.05) is 0 Å². The minimum Gasteiger partial charge on any atom is -0.385 e. The molecule has 16 heavy (non-hydrogen) atoms. The number of aliphatic hydroxyl groups is 1. The summed E-state index contributed by atoms with van der Waals surface area (Å²) in [5.41, 5.74) is 0.723. The number of aliphatic hydroxyl groups excluding tert-OH is 1. The topological polar surface area (TPSA) is 70.1 Å². The van der Waals surface area contributed by atoms with Crippen LogP contribution in [0.5, 0.6) is 0 Å². The van der Waals surface area contributed by atoms with Crippen molar-refractivity contribution in [1.29, 1.82) is 0 Å². The summed E-state index contributed by atoms with van der Waals surface area (Å²) in [4.78, 5) is 7.98. The molecule has 0 aliphatic carbocycles. The Morgan fingerprint density at radius 3 is 2.75 bits per heavy atom. The molecule has 0 aromatic carbocycles. The van der Waals surface area contributed by atoms with E-state index in [-0.39, 0.29) is 6.54 Å². The minimum absolute atomic E-state index is 0.251. The van der Waals surface area contributed by atoms with Crippen molar-refractivity contribution in [3.8, 4) is 0 Å². The third kappa shape index (κ3) is 3.27. The van der Waals surface area contributed by atoms with Gasteiger partial charge in [0, 0.05) is 25.4 Å². The SMILES string of the molecule is CNc1ncc(C)c(NCC(O)C(F)F)n1. The number of alkyl halides is 2. The quantitative estimate of drug-likeness (QED) is 0.702. The number of nitrogens with zero attached hydrogens (tertiary/aromatic N) is 2. The van der Waals surface area contributed by atoms with Gasteiger partial charge in [0.05, 0.1) is 0 Å². The molecule has 0 spiro atoms. The molecule has 7 heteroatoms. The number of rotatable bonds is 5. The van der Waals surface area contributed by atoms with Crippen LogP contribution in [0.3, 0.4) is 0 Å². The molecular formula is C9H14F2N4O. The lowest BCUT2D eigenvalue weighted by molar-refractivity contribution is 0.00380. The summed E-state index contributed by atoms with van der Waals surface area (Å²) in [5.74, 6) is 0.818. The summed E-state index contributed by atoms with van der Waals surface area (Å²) in [6, 6.07) is 0. The molecule has 0 saturated carbocycles. The van der Waals surface area contributed by atoms with Crippen LogP contribution in [0.1, 0.15) is 5.56 Å². The molecule has 0 amide bonds. The molecule has 1 unspecified atom stereocenters. The molecule has 0 fully saturated rings. The van der Waals surface area contributed by atoms with E-state index in [4.69, 9.17) is 5.11 Å². The molecule has 0 aliphatic heterocycles. The van der Waals surface area contributed by atoms with E-state index in [0.717, 1.165) is 5.56 Å². The lowest BCUT2D eigenvalue weighted by Crippen LogP contribution is -2.27. The van der Waals surface area contributed by atoms with Crippen molar-refractivity contribution in [2.75, 3.05) is 24.2 Å². The Morgan fingerprint density at radius 1 is 1.50 bits per heavy atom. The number of halogens is 2. The van der Waals surface area contributed by atoms with Crippen LogP contribution in [0.4, 0.5) is 20.5 Å². The fourth-order valence-electron chi connectivity index (χ4n) is 1.03. The van der Waals surface area contributed by atoms with E-state index in [9.17, 15) is 8.78 Å². The molecule has 1 aromatic rings. The highest BCUT2D eigenvalue weighted by Crippen LogP contribution is 2.12. The van der Waals surface area contributed by atoms with Crippen molar-refractivity contribution < 1.29 is 13.9 Å². The minimum atomic E-state index is -2.77. The molecule has 5 nitrogen and oxygen atoms in total. The highest BCUT2D eigenvalue weighted by atomic mass is 19.3. The van der Waals surface area contributed by atoms with Crippen molar-refractivity contribution >= 4 is 11.8 Å². The Balaban J connectivity index is 2.65. The molecule has 1 aromatic heterocycles. The van der Waals surface area contributed by atoms with E-state index in [1.165, 1.54) is 0 Å². The normalized spacial score (nSPS) is 12.6. The van der Waals surface area contributed by atoms with Gasteiger partial charge < -0.3 is 15.7 Å². The van der Waals surface area contributed by atoms with Gasteiger partial charge >= 0.3 is 0 Å². The number of nitrogens with one attached hydrogen (secondary N) is 2. The Kier molecular flexibility index (Phi) is 4.36. The first-order valence-corrected chi connectivity index (χ1v) is 4.76.